The van der Waals surface area contributed by atoms with Crippen molar-refractivity contribution < 1.29 is 15.1 Å². The molecule has 0 fully saturated rings. The first-order chi connectivity index (χ1) is 7.97. The number of aliphatic hydroxyl groups is 2. The van der Waals surface area contributed by atoms with Crippen LogP contribution in [0.15, 0.2) is 18.2 Å². The number of anilines is 1. The van der Waals surface area contributed by atoms with Gasteiger partial charge in [-0.05, 0) is 13.1 Å². The Balaban J connectivity index is 2.95. The van der Waals surface area contributed by atoms with Crippen LogP contribution < -0.4 is 11.1 Å². The zero-order valence-corrected chi connectivity index (χ0v) is 9.33. The molecule has 1 aromatic rings. The van der Waals surface area contributed by atoms with Gasteiger partial charge in [0.25, 0.3) is 5.69 Å². The van der Waals surface area contributed by atoms with Gasteiger partial charge in [-0.25, -0.2) is 0 Å². The minimum atomic E-state index is -1.18. The highest BCUT2D eigenvalue weighted by Crippen LogP contribution is 2.26. The van der Waals surface area contributed by atoms with Crippen LogP contribution in [0.4, 0.5) is 11.4 Å². The largest absolute Gasteiger partial charge is 0.398 e. The maximum atomic E-state index is 10.5. The van der Waals surface area contributed by atoms with Crippen molar-refractivity contribution in [1.82, 2.24) is 5.32 Å². The molecule has 0 bridgehead atoms. The summed E-state index contributed by atoms with van der Waals surface area (Å²) in [6.07, 6.45) is -2.20. The Morgan fingerprint density at radius 1 is 1.53 bits per heavy atom. The third kappa shape index (κ3) is 3.13. The first kappa shape index (κ1) is 13.4. The van der Waals surface area contributed by atoms with E-state index in [1.165, 1.54) is 12.1 Å². The van der Waals surface area contributed by atoms with Gasteiger partial charge in [0.1, 0.15) is 6.10 Å². The number of non-ortho nitro benzene ring substituents is 1. The lowest BCUT2D eigenvalue weighted by Crippen LogP contribution is -2.30. The van der Waals surface area contributed by atoms with E-state index in [0.717, 1.165) is 6.07 Å². The van der Waals surface area contributed by atoms with E-state index in [4.69, 9.17) is 5.73 Å². The van der Waals surface area contributed by atoms with E-state index >= 15 is 0 Å². The van der Waals surface area contributed by atoms with E-state index in [-0.39, 0.29) is 23.5 Å². The molecule has 2 unspecified atom stereocenters. The molecular formula is C10H15N3O4. The quantitative estimate of drug-likeness (QED) is 0.321. The molecule has 0 saturated carbocycles. The molecule has 17 heavy (non-hydrogen) atoms. The monoisotopic (exact) mass is 241 g/mol. The van der Waals surface area contributed by atoms with Gasteiger partial charge in [0.05, 0.1) is 11.0 Å². The average Bonchev–Trinajstić information content (AvgIpc) is 2.28. The summed E-state index contributed by atoms with van der Waals surface area (Å²) in [5.74, 6) is 0. The van der Waals surface area contributed by atoms with Crippen molar-refractivity contribution in [1.29, 1.82) is 0 Å². The van der Waals surface area contributed by atoms with E-state index in [9.17, 15) is 20.3 Å². The summed E-state index contributed by atoms with van der Waals surface area (Å²) in [6, 6.07) is 3.74. The number of benzene rings is 1. The van der Waals surface area contributed by atoms with Crippen molar-refractivity contribution in [3.8, 4) is 0 Å². The first-order valence-electron chi connectivity index (χ1n) is 5.02. The number of hydrogen-bond acceptors (Lipinski definition) is 6. The predicted octanol–water partition coefficient (Wildman–Crippen LogP) is -0.209. The molecule has 0 spiro atoms. The van der Waals surface area contributed by atoms with E-state index in [1.54, 1.807) is 7.05 Å². The van der Waals surface area contributed by atoms with Gasteiger partial charge in [0, 0.05) is 29.9 Å². The number of likely N-dealkylation sites (N-methyl/N-ethyl adjacent to an activating group) is 1. The highest BCUT2D eigenvalue weighted by atomic mass is 16.6. The molecule has 0 aliphatic rings. The number of rotatable bonds is 5. The van der Waals surface area contributed by atoms with Crippen LogP contribution in [0.5, 0.6) is 0 Å². The summed E-state index contributed by atoms with van der Waals surface area (Å²) < 4.78 is 0. The fraction of sp³-hybridized carbons (Fsp3) is 0.400. The molecule has 0 saturated heterocycles. The van der Waals surface area contributed by atoms with Crippen LogP contribution in [0, 0.1) is 10.1 Å². The average molecular weight is 241 g/mol. The van der Waals surface area contributed by atoms with Crippen LogP contribution >= 0.6 is 0 Å². The van der Waals surface area contributed by atoms with Gasteiger partial charge in [-0.1, -0.05) is 0 Å². The molecular weight excluding hydrogens is 226 g/mol. The highest BCUT2D eigenvalue weighted by molar-refractivity contribution is 5.55. The molecule has 0 aliphatic carbocycles. The normalized spacial score (nSPS) is 14.3. The number of nitrogen functional groups attached to an aromatic ring is 1. The van der Waals surface area contributed by atoms with Gasteiger partial charge in [0.15, 0.2) is 0 Å². The van der Waals surface area contributed by atoms with Crippen molar-refractivity contribution in [3.05, 3.63) is 33.9 Å². The van der Waals surface area contributed by atoms with Crippen LogP contribution in [0.2, 0.25) is 0 Å². The van der Waals surface area contributed by atoms with E-state index in [0.29, 0.717) is 0 Å². The van der Waals surface area contributed by atoms with Gasteiger partial charge < -0.3 is 21.3 Å². The van der Waals surface area contributed by atoms with Crippen molar-refractivity contribution in [3.63, 3.8) is 0 Å². The fourth-order valence-corrected chi connectivity index (χ4v) is 1.47. The smallest absolute Gasteiger partial charge is 0.271 e. The maximum Gasteiger partial charge on any atom is 0.271 e. The van der Waals surface area contributed by atoms with E-state index in [2.05, 4.69) is 5.32 Å². The summed E-state index contributed by atoms with van der Waals surface area (Å²) >= 11 is 0. The molecule has 1 rings (SSSR count). The topological polar surface area (TPSA) is 122 Å². The third-order valence-electron chi connectivity index (χ3n) is 2.38. The van der Waals surface area contributed by atoms with Gasteiger partial charge >= 0.3 is 0 Å². The number of nitrogens with one attached hydrogen (secondary N) is 1. The molecule has 2 atom stereocenters. The molecule has 0 radical (unpaired) electrons. The zero-order valence-electron chi connectivity index (χ0n) is 9.33. The van der Waals surface area contributed by atoms with Crippen molar-refractivity contribution in [2.24, 2.45) is 0 Å². The lowest BCUT2D eigenvalue weighted by atomic mass is 10.0. The molecule has 0 amide bonds. The number of nitro groups is 1. The second-order valence-corrected chi connectivity index (χ2v) is 3.64. The van der Waals surface area contributed by atoms with Crippen molar-refractivity contribution in [2.45, 2.75) is 12.2 Å². The predicted molar refractivity (Wildman–Crippen MR) is 62.4 cm³/mol. The van der Waals surface area contributed by atoms with Crippen LogP contribution in [0.25, 0.3) is 0 Å². The summed E-state index contributed by atoms with van der Waals surface area (Å²) in [7, 11) is 1.63. The molecule has 7 nitrogen and oxygen atoms in total. The summed E-state index contributed by atoms with van der Waals surface area (Å²) in [4.78, 5) is 9.93. The van der Waals surface area contributed by atoms with Crippen LogP contribution in [0.3, 0.4) is 0 Å². The van der Waals surface area contributed by atoms with Gasteiger partial charge in [-0.15, -0.1) is 0 Å². The van der Waals surface area contributed by atoms with Crippen LogP contribution in [0.1, 0.15) is 11.7 Å². The lowest BCUT2D eigenvalue weighted by molar-refractivity contribution is -0.384. The van der Waals surface area contributed by atoms with Crippen molar-refractivity contribution in [2.75, 3.05) is 19.3 Å². The molecule has 0 heterocycles. The Kier molecular flexibility index (Phi) is 4.38. The fourth-order valence-electron chi connectivity index (χ4n) is 1.47. The summed E-state index contributed by atoms with van der Waals surface area (Å²) in [5, 5.41) is 32.6. The molecule has 1 aromatic carbocycles. The summed E-state index contributed by atoms with van der Waals surface area (Å²) in [6.45, 7) is 0.192. The third-order valence-corrected chi connectivity index (χ3v) is 2.38. The Bertz CT molecular complexity index is 411. The molecule has 94 valence electrons. The Hall–Kier alpha value is -1.70. The number of nitrogens with two attached hydrogens (primary N) is 1. The van der Waals surface area contributed by atoms with Crippen molar-refractivity contribution >= 4 is 11.4 Å². The first-order valence-corrected chi connectivity index (χ1v) is 5.02. The van der Waals surface area contributed by atoms with E-state index in [1.807, 2.05) is 0 Å². The zero-order chi connectivity index (χ0) is 13.0. The second kappa shape index (κ2) is 5.58. The second-order valence-electron chi connectivity index (χ2n) is 3.64. The number of hydrogen-bond donors (Lipinski definition) is 4. The standard InChI is InChI=1S/C10H15N3O4/c1-12-5-9(14)10(15)7-3-2-6(13(16)17)4-8(7)11/h2-4,9-10,12,14-15H,5,11H2,1H3. The number of nitro benzene ring substituents is 1. The lowest BCUT2D eigenvalue weighted by Gasteiger charge is -2.19. The Morgan fingerprint density at radius 2 is 2.18 bits per heavy atom. The van der Waals surface area contributed by atoms with Crippen LogP contribution in [-0.2, 0) is 0 Å². The Morgan fingerprint density at radius 3 is 2.65 bits per heavy atom. The minimum Gasteiger partial charge on any atom is -0.398 e. The number of nitrogens with zero attached hydrogens (tertiary/aromatic N) is 1. The number of aliphatic hydroxyl groups excluding tert-OH is 2. The molecule has 0 aromatic heterocycles. The summed E-state index contributed by atoms with van der Waals surface area (Å²) in [5.41, 5.74) is 5.81. The van der Waals surface area contributed by atoms with Gasteiger partial charge in [-0.3, -0.25) is 10.1 Å². The van der Waals surface area contributed by atoms with Gasteiger partial charge in [0.2, 0.25) is 0 Å². The molecule has 7 heteroatoms. The molecule has 0 aliphatic heterocycles. The Labute approximate surface area is 98.0 Å². The van der Waals surface area contributed by atoms with Gasteiger partial charge in [-0.2, -0.15) is 0 Å². The van der Waals surface area contributed by atoms with E-state index < -0.39 is 17.1 Å². The SMILES string of the molecule is CNCC(O)C(O)c1ccc([N+](=O)[O-])cc1N. The molecule has 5 N–H and O–H groups in total. The highest BCUT2D eigenvalue weighted by Gasteiger charge is 2.21. The minimum absolute atomic E-state index is 0.0850. The maximum absolute atomic E-state index is 10.5. The van der Waals surface area contributed by atoms with Crippen LogP contribution in [-0.4, -0.2) is 34.8 Å².